The summed E-state index contributed by atoms with van der Waals surface area (Å²) in [6.45, 7) is 4.27. The predicted octanol–water partition coefficient (Wildman–Crippen LogP) is 3.42. The summed E-state index contributed by atoms with van der Waals surface area (Å²) in [6, 6.07) is 12.7. The van der Waals surface area contributed by atoms with Crippen LogP contribution in [0, 0.1) is 0 Å². The molecule has 0 saturated heterocycles. The van der Waals surface area contributed by atoms with E-state index in [1.807, 2.05) is 32.3 Å². The molecule has 1 aliphatic heterocycles. The van der Waals surface area contributed by atoms with Gasteiger partial charge >= 0.3 is 0 Å². The van der Waals surface area contributed by atoms with Crippen LogP contribution in [0.15, 0.2) is 40.8 Å². The molecule has 0 amide bonds. The van der Waals surface area contributed by atoms with E-state index >= 15 is 0 Å². The van der Waals surface area contributed by atoms with Crippen LogP contribution in [-0.2, 0) is 24.3 Å². The molecule has 1 atom stereocenters. The van der Waals surface area contributed by atoms with Crippen molar-refractivity contribution >= 4 is 5.78 Å². The lowest BCUT2D eigenvalue weighted by Gasteiger charge is -2.34. The van der Waals surface area contributed by atoms with Crippen molar-refractivity contribution in [3.05, 3.63) is 59.0 Å². The SMILES string of the molecule is CC(=O)CC(c1ccccc1)N1CCc2oc(CN(C)C)cc2C1. The summed E-state index contributed by atoms with van der Waals surface area (Å²) in [5.41, 5.74) is 2.48. The van der Waals surface area contributed by atoms with Gasteiger partial charge in [-0.2, -0.15) is 0 Å². The third-order valence-electron chi connectivity index (χ3n) is 4.53. The molecule has 0 bridgehead atoms. The van der Waals surface area contributed by atoms with Crippen LogP contribution in [0.5, 0.6) is 0 Å². The minimum absolute atomic E-state index is 0.143. The Morgan fingerprint density at radius 1 is 1.29 bits per heavy atom. The number of hydrogen-bond donors (Lipinski definition) is 0. The molecule has 2 aromatic rings. The van der Waals surface area contributed by atoms with E-state index in [4.69, 9.17) is 4.42 Å². The van der Waals surface area contributed by atoms with Gasteiger partial charge in [-0.15, -0.1) is 0 Å². The predicted molar refractivity (Wildman–Crippen MR) is 94.7 cm³/mol. The number of benzene rings is 1. The summed E-state index contributed by atoms with van der Waals surface area (Å²) in [7, 11) is 4.10. The van der Waals surface area contributed by atoms with E-state index in [0.717, 1.165) is 37.6 Å². The Hall–Kier alpha value is -1.91. The van der Waals surface area contributed by atoms with Crippen molar-refractivity contribution < 1.29 is 9.21 Å². The molecule has 0 radical (unpaired) electrons. The molecule has 4 nitrogen and oxygen atoms in total. The number of nitrogens with zero attached hydrogens (tertiary/aromatic N) is 2. The van der Waals surface area contributed by atoms with E-state index in [0.29, 0.717) is 6.42 Å². The number of hydrogen-bond acceptors (Lipinski definition) is 4. The molecular formula is C20H26N2O2. The Morgan fingerprint density at radius 2 is 2.04 bits per heavy atom. The first kappa shape index (κ1) is 16.9. The van der Waals surface area contributed by atoms with Gasteiger partial charge in [0.1, 0.15) is 17.3 Å². The molecule has 1 unspecified atom stereocenters. The largest absolute Gasteiger partial charge is 0.464 e. The fraction of sp³-hybridized carbons (Fsp3) is 0.450. The monoisotopic (exact) mass is 326 g/mol. The number of carbonyl (C=O) groups is 1. The Morgan fingerprint density at radius 3 is 2.71 bits per heavy atom. The minimum Gasteiger partial charge on any atom is -0.464 e. The number of furan rings is 1. The highest BCUT2D eigenvalue weighted by atomic mass is 16.3. The van der Waals surface area contributed by atoms with E-state index in [2.05, 4.69) is 28.0 Å². The molecule has 0 N–H and O–H groups in total. The van der Waals surface area contributed by atoms with Crippen LogP contribution < -0.4 is 0 Å². The molecule has 1 aromatic carbocycles. The van der Waals surface area contributed by atoms with Crippen molar-refractivity contribution in [1.29, 1.82) is 0 Å². The van der Waals surface area contributed by atoms with Gasteiger partial charge in [-0.25, -0.2) is 0 Å². The van der Waals surface area contributed by atoms with Gasteiger partial charge < -0.3 is 9.32 Å². The molecule has 3 rings (SSSR count). The fourth-order valence-corrected chi connectivity index (χ4v) is 3.48. The fourth-order valence-electron chi connectivity index (χ4n) is 3.48. The smallest absolute Gasteiger partial charge is 0.131 e. The van der Waals surface area contributed by atoms with Crippen LogP contribution >= 0.6 is 0 Å². The van der Waals surface area contributed by atoms with E-state index in [1.165, 1.54) is 11.1 Å². The summed E-state index contributed by atoms with van der Waals surface area (Å²) in [5.74, 6) is 2.36. The van der Waals surface area contributed by atoms with E-state index in [-0.39, 0.29) is 11.8 Å². The highest BCUT2D eigenvalue weighted by molar-refractivity contribution is 5.76. The summed E-state index contributed by atoms with van der Waals surface area (Å²) >= 11 is 0. The molecule has 0 aliphatic carbocycles. The first-order valence-electron chi connectivity index (χ1n) is 8.56. The van der Waals surface area contributed by atoms with E-state index in [1.54, 1.807) is 6.92 Å². The Balaban J connectivity index is 1.80. The maximum absolute atomic E-state index is 11.8. The third kappa shape index (κ3) is 3.94. The number of ketones is 1. The zero-order valence-corrected chi connectivity index (χ0v) is 14.8. The molecule has 0 spiro atoms. The first-order chi connectivity index (χ1) is 11.5. The Kier molecular flexibility index (Phi) is 5.17. The van der Waals surface area contributed by atoms with Crippen LogP contribution in [0.1, 0.15) is 42.0 Å². The van der Waals surface area contributed by atoms with Gasteiger partial charge in [0.05, 0.1) is 6.54 Å². The lowest BCUT2D eigenvalue weighted by Crippen LogP contribution is -2.34. The zero-order chi connectivity index (χ0) is 17.1. The quantitative estimate of drug-likeness (QED) is 0.815. The average Bonchev–Trinajstić information content (AvgIpc) is 2.93. The van der Waals surface area contributed by atoms with Gasteiger partial charge in [0.25, 0.3) is 0 Å². The standard InChI is InChI=1S/C20H26N2O2/c1-15(23)11-19(16-7-5-4-6-8-16)22-10-9-20-17(13-22)12-18(24-20)14-21(2)3/h4-8,12,19H,9-11,13-14H2,1-3H3. The summed E-state index contributed by atoms with van der Waals surface area (Å²) < 4.78 is 6.00. The average molecular weight is 326 g/mol. The maximum atomic E-state index is 11.8. The number of carbonyl (C=O) groups excluding carboxylic acids is 1. The molecule has 128 valence electrons. The second-order valence-corrected chi connectivity index (χ2v) is 6.95. The second-order valence-electron chi connectivity index (χ2n) is 6.95. The topological polar surface area (TPSA) is 36.7 Å². The van der Waals surface area contributed by atoms with Crippen LogP contribution in [-0.4, -0.2) is 36.2 Å². The van der Waals surface area contributed by atoms with Crippen molar-refractivity contribution in [2.24, 2.45) is 0 Å². The molecule has 1 aromatic heterocycles. The molecule has 2 heterocycles. The number of rotatable bonds is 6. The van der Waals surface area contributed by atoms with Gasteiger partial charge in [-0.05, 0) is 32.6 Å². The second kappa shape index (κ2) is 7.32. The number of fused-ring (bicyclic) bond motifs is 1. The summed E-state index contributed by atoms with van der Waals surface area (Å²) in [6.07, 6.45) is 1.46. The lowest BCUT2D eigenvalue weighted by molar-refractivity contribution is -0.118. The van der Waals surface area contributed by atoms with Gasteiger partial charge in [-0.1, -0.05) is 30.3 Å². The van der Waals surface area contributed by atoms with Gasteiger partial charge in [-0.3, -0.25) is 9.69 Å². The van der Waals surface area contributed by atoms with Crippen molar-refractivity contribution in [2.75, 3.05) is 20.6 Å². The van der Waals surface area contributed by atoms with Crippen molar-refractivity contribution in [2.45, 2.75) is 38.9 Å². The van der Waals surface area contributed by atoms with Crippen LogP contribution in [0.2, 0.25) is 0 Å². The molecule has 0 saturated carbocycles. The molecule has 1 aliphatic rings. The van der Waals surface area contributed by atoms with Gasteiger partial charge in [0.15, 0.2) is 0 Å². The number of Topliss-reactive ketones (excluding diaryl/α,β-unsaturated/α-hetero) is 1. The molecule has 0 fully saturated rings. The minimum atomic E-state index is 0.143. The summed E-state index contributed by atoms with van der Waals surface area (Å²) in [4.78, 5) is 16.3. The lowest BCUT2D eigenvalue weighted by atomic mass is 9.97. The van der Waals surface area contributed by atoms with Gasteiger partial charge in [0.2, 0.25) is 0 Å². The van der Waals surface area contributed by atoms with Crippen molar-refractivity contribution in [1.82, 2.24) is 9.80 Å². The maximum Gasteiger partial charge on any atom is 0.131 e. The molecule has 4 heteroatoms. The van der Waals surface area contributed by atoms with Crippen molar-refractivity contribution in [3.8, 4) is 0 Å². The van der Waals surface area contributed by atoms with Crippen LogP contribution in [0.3, 0.4) is 0 Å². The molecule has 24 heavy (non-hydrogen) atoms. The Labute approximate surface area is 144 Å². The van der Waals surface area contributed by atoms with E-state index < -0.39 is 0 Å². The van der Waals surface area contributed by atoms with Crippen LogP contribution in [0.25, 0.3) is 0 Å². The third-order valence-corrected chi connectivity index (χ3v) is 4.53. The Bertz CT molecular complexity index is 691. The van der Waals surface area contributed by atoms with E-state index in [9.17, 15) is 4.79 Å². The van der Waals surface area contributed by atoms with Crippen LogP contribution in [0.4, 0.5) is 0 Å². The molecular weight excluding hydrogens is 300 g/mol. The zero-order valence-electron chi connectivity index (χ0n) is 14.8. The normalized spacial score (nSPS) is 16.2. The highest BCUT2D eigenvalue weighted by Crippen LogP contribution is 2.32. The van der Waals surface area contributed by atoms with Gasteiger partial charge in [0, 0.05) is 37.5 Å². The highest BCUT2D eigenvalue weighted by Gasteiger charge is 2.28. The van der Waals surface area contributed by atoms with Crippen molar-refractivity contribution in [3.63, 3.8) is 0 Å². The first-order valence-corrected chi connectivity index (χ1v) is 8.56. The summed E-state index contributed by atoms with van der Waals surface area (Å²) in [5, 5.41) is 0.